The van der Waals surface area contributed by atoms with Gasteiger partial charge in [0.1, 0.15) is 6.04 Å². The van der Waals surface area contributed by atoms with Gasteiger partial charge in [-0.25, -0.2) is 4.79 Å². The molecule has 118 valence electrons. The maximum atomic E-state index is 12.7. The highest BCUT2D eigenvalue weighted by Gasteiger charge is 2.50. The van der Waals surface area contributed by atoms with E-state index in [4.69, 9.17) is 0 Å². The number of anilines is 1. The fraction of sp³-hybridized carbons (Fsp3) is 0.529. The molecule has 2 rings (SSSR count). The molecule has 22 heavy (non-hydrogen) atoms. The van der Waals surface area contributed by atoms with Crippen molar-refractivity contribution in [3.8, 4) is 6.07 Å². The number of nitriles is 1. The highest BCUT2D eigenvalue weighted by Crippen LogP contribution is 2.46. The van der Waals surface area contributed by atoms with E-state index in [2.05, 4.69) is 25.2 Å². The molecule has 1 fully saturated rings. The number of carbonyl (C=O) groups excluding carboxylic acids is 1. The molecular weight excluding hydrogens is 294 g/mol. The topological polar surface area (TPSA) is 56.1 Å². The van der Waals surface area contributed by atoms with Gasteiger partial charge >= 0.3 is 6.03 Å². The van der Waals surface area contributed by atoms with Crippen LogP contribution < -0.4 is 5.32 Å². The van der Waals surface area contributed by atoms with Crippen LogP contribution in [-0.2, 0) is 0 Å². The van der Waals surface area contributed by atoms with Crippen LogP contribution in [0.2, 0.25) is 0 Å². The van der Waals surface area contributed by atoms with Crippen LogP contribution in [0, 0.1) is 24.2 Å². The first-order valence-electron chi connectivity index (χ1n) is 7.49. The van der Waals surface area contributed by atoms with Gasteiger partial charge in [0.15, 0.2) is 0 Å². The van der Waals surface area contributed by atoms with Crippen molar-refractivity contribution in [1.29, 1.82) is 5.26 Å². The molecule has 2 unspecified atom stereocenters. The van der Waals surface area contributed by atoms with Crippen molar-refractivity contribution in [2.45, 2.75) is 50.8 Å². The molecule has 0 spiro atoms. The van der Waals surface area contributed by atoms with Crippen molar-refractivity contribution < 1.29 is 4.79 Å². The minimum absolute atomic E-state index is 0.00472. The third-order valence-electron chi connectivity index (χ3n) is 3.87. The van der Waals surface area contributed by atoms with Gasteiger partial charge in [-0.1, -0.05) is 31.5 Å². The van der Waals surface area contributed by atoms with Crippen LogP contribution in [0.4, 0.5) is 10.5 Å². The Kier molecular flexibility index (Phi) is 4.72. The monoisotopic (exact) mass is 317 g/mol. The van der Waals surface area contributed by atoms with Crippen molar-refractivity contribution in [1.82, 2.24) is 4.90 Å². The van der Waals surface area contributed by atoms with Gasteiger partial charge in [-0.3, -0.25) is 4.90 Å². The minimum atomic E-state index is -0.435. The zero-order valence-corrected chi connectivity index (χ0v) is 14.6. The van der Waals surface area contributed by atoms with Crippen molar-refractivity contribution >= 4 is 23.5 Å². The van der Waals surface area contributed by atoms with Crippen LogP contribution in [0.15, 0.2) is 24.3 Å². The summed E-state index contributed by atoms with van der Waals surface area (Å²) < 4.78 is -0.270. The molecule has 1 saturated heterocycles. The zero-order valence-electron chi connectivity index (χ0n) is 13.8. The van der Waals surface area contributed by atoms with E-state index in [1.165, 1.54) is 0 Å². The highest BCUT2D eigenvalue weighted by molar-refractivity contribution is 8.01. The number of nitrogens with zero attached hydrogens (tertiary/aromatic N) is 2. The summed E-state index contributed by atoms with van der Waals surface area (Å²) in [6, 6.07) is 9.35. The van der Waals surface area contributed by atoms with E-state index in [0.29, 0.717) is 0 Å². The first kappa shape index (κ1) is 16.7. The lowest BCUT2D eigenvalue weighted by Crippen LogP contribution is -2.48. The molecule has 4 nitrogen and oxygen atoms in total. The second kappa shape index (κ2) is 6.21. The fourth-order valence-electron chi connectivity index (χ4n) is 2.65. The lowest BCUT2D eigenvalue weighted by molar-refractivity contribution is 0.184. The molecule has 1 aromatic carbocycles. The molecule has 1 aliphatic rings. The van der Waals surface area contributed by atoms with Crippen LogP contribution in [-0.4, -0.2) is 27.1 Å². The standard InChI is InChI=1S/C17H23N3OS/c1-11(2)15-20(14(10-18)17(4,5)22-15)16(21)19-13-8-6-12(3)7-9-13/h6-9,11,14-15H,1-5H3,(H,19,21). The van der Waals surface area contributed by atoms with Crippen LogP contribution in [0.3, 0.4) is 0 Å². The Hall–Kier alpha value is -1.67. The first-order valence-corrected chi connectivity index (χ1v) is 8.37. The van der Waals surface area contributed by atoms with Gasteiger partial charge in [0.25, 0.3) is 0 Å². The smallest absolute Gasteiger partial charge is 0.308 e. The van der Waals surface area contributed by atoms with Crippen LogP contribution >= 0.6 is 11.8 Å². The Labute approximate surface area is 136 Å². The van der Waals surface area contributed by atoms with Crippen molar-refractivity contribution in [3.05, 3.63) is 29.8 Å². The van der Waals surface area contributed by atoms with Gasteiger partial charge < -0.3 is 5.32 Å². The molecule has 1 heterocycles. The molecule has 0 saturated carbocycles. The number of carbonyl (C=O) groups is 1. The number of amides is 2. The average molecular weight is 317 g/mol. The third kappa shape index (κ3) is 3.22. The quantitative estimate of drug-likeness (QED) is 0.888. The van der Waals surface area contributed by atoms with Crippen molar-refractivity contribution in [3.63, 3.8) is 0 Å². The number of nitrogens with one attached hydrogen (secondary N) is 1. The molecule has 0 aliphatic carbocycles. The molecule has 0 bridgehead atoms. The summed E-state index contributed by atoms with van der Waals surface area (Å²) in [5.74, 6) is 0.284. The van der Waals surface area contributed by atoms with E-state index in [9.17, 15) is 10.1 Å². The van der Waals surface area contributed by atoms with E-state index in [-0.39, 0.29) is 22.1 Å². The molecule has 1 N–H and O–H groups in total. The summed E-state index contributed by atoms with van der Waals surface area (Å²) in [6.07, 6.45) is 0. The van der Waals surface area contributed by atoms with E-state index < -0.39 is 6.04 Å². The van der Waals surface area contributed by atoms with Gasteiger partial charge in [-0.15, -0.1) is 11.8 Å². The number of hydrogen-bond acceptors (Lipinski definition) is 3. The lowest BCUT2D eigenvalue weighted by atomic mass is 10.0. The molecular formula is C17H23N3OS. The van der Waals surface area contributed by atoms with Gasteiger partial charge in [-0.05, 0) is 38.8 Å². The first-order chi connectivity index (χ1) is 10.3. The number of thioether (sulfide) groups is 1. The van der Waals surface area contributed by atoms with Crippen molar-refractivity contribution in [2.75, 3.05) is 5.32 Å². The molecule has 5 heteroatoms. The van der Waals surface area contributed by atoms with Crippen LogP contribution in [0.25, 0.3) is 0 Å². The Balaban J connectivity index is 2.24. The maximum absolute atomic E-state index is 12.7. The summed E-state index contributed by atoms with van der Waals surface area (Å²) in [6.45, 7) is 10.2. The Morgan fingerprint density at radius 3 is 2.45 bits per heavy atom. The van der Waals surface area contributed by atoms with Gasteiger partial charge in [-0.2, -0.15) is 5.26 Å². The van der Waals surface area contributed by atoms with Gasteiger partial charge in [0.05, 0.1) is 11.4 Å². The normalized spacial score (nSPS) is 23.4. The molecule has 0 aromatic heterocycles. The summed E-state index contributed by atoms with van der Waals surface area (Å²) in [5, 5.41) is 12.5. The fourth-order valence-corrected chi connectivity index (χ4v) is 4.17. The SMILES string of the molecule is Cc1ccc(NC(=O)N2C(C(C)C)SC(C)(C)C2C#N)cc1. The van der Waals surface area contributed by atoms with Gasteiger partial charge in [0.2, 0.25) is 0 Å². The highest BCUT2D eigenvalue weighted by atomic mass is 32.2. The summed E-state index contributed by atoms with van der Waals surface area (Å²) in [5.41, 5.74) is 1.90. The van der Waals surface area contributed by atoms with Crippen LogP contribution in [0.1, 0.15) is 33.3 Å². The predicted octanol–water partition coefficient (Wildman–Crippen LogP) is 4.23. The summed E-state index contributed by atoms with van der Waals surface area (Å²) >= 11 is 1.70. The Morgan fingerprint density at radius 2 is 1.95 bits per heavy atom. The largest absolute Gasteiger partial charge is 0.323 e. The molecule has 2 amide bonds. The maximum Gasteiger partial charge on any atom is 0.323 e. The van der Waals surface area contributed by atoms with Gasteiger partial charge in [0, 0.05) is 10.4 Å². The second-order valence-corrected chi connectivity index (χ2v) is 8.36. The van der Waals surface area contributed by atoms with E-state index in [0.717, 1.165) is 11.3 Å². The number of urea groups is 1. The number of benzene rings is 1. The second-order valence-electron chi connectivity index (χ2n) is 6.59. The molecule has 0 radical (unpaired) electrons. The number of hydrogen-bond donors (Lipinski definition) is 1. The summed E-state index contributed by atoms with van der Waals surface area (Å²) in [4.78, 5) is 14.4. The molecule has 1 aliphatic heterocycles. The van der Waals surface area contributed by atoms with E-state index in [1.54, 1.807) is 16.7 Å². The van der Waals surface area contributed by atoms with E-state index in [1.807, 2.05) is 45.0 Å². The predicted molar refractivity (Wildman–Crippen MR) is 91.7 cm³/mol. The number of aryl methyl sites for hydroxylation is 1. The minimum Gasteiger partial charge on any atom is -0.308 e. The molecule has 2 atom stereocenters. The average Bonchev–Trinajstić information content (AvgIpc) is 2.72. The molecule has 1 aromatic rings. The Bertz CT molecular complexity index is 589. The number of rotatable bonds is 2. The van der Waals surface area contributed by atoms with Crippen molar-refractivity contribution in [2.24, 2.45) is 5.92 Å². The zero-order chi connectivity index (χ0) is 16.5. The van der Waals surface area contributed by atoms with Crippen LogP contribution in [0.5, 0.6) is 0 Å². The lowest BCUT2D eigenvalue weighted by Gasteiger charge is -2.29. The third-order valence-corrected chi connectivity index (χ3v) is 5.71. The summed E-state index contributed by atoms with van der Waals surface area (Å²) in [7, 11) is 0. The Morgan fingerprint density at radius 1 is 1.36 bits per heavy atom. The van der Waals surface area contributed by atoms with E-state index >= 15 is 0 Å².